The Kier molecular flexibility index (Phi) is 21.1. The fourth-order valence-electron chi connectivity index (χ4n) is 0. The topological polar surface area (TPSA) is 99.6 Å². The molecule has 0 bridgehead atoms. The Hall–Kier alpha value is -1.10. The number of nitrogens with two attached hydrogens (primary N) is 2. The smallest absolute Gasteiger partial charge is 0.0815 e. The van der Waals surface area contributed by atoms with Crippen molar-refractivity contribution in [2.45, 2.75) is 0 Å². The van der Waals surface area contributed by atoms with E-state index in [2.05, 4.69) is 11.5 Å². The highest BCUT2D eigenvalue weighted by Crippen LogP contribution is 1.26. The molecule has 0 aromatic carbocycles. The highest BCUT2D eigenvalue weighted by Gasteiger charge is 1.48. The fraction of sp³-hybridized carbons (Fsp3) is 0.500. The number of hydrogen-bond donors (Lipinski definition) is 2. The maximum atomic E-state index is 7.50. The van der Waals surface area contributed by atoms with Crippen LogP contribution in [0.5, 0.6) is 0 Å². The minimum Gasteiger partial charge on any atom is -0.318 e. The van der Waals surface area contributed by atoms with Gasteiger partial charge in [-0.25, -0.2) is 0 Å². The van der Waals surface area contributed by atoms with Crippen molar-refractivity contribution in [1.29, 1.82) is 10.5 Å². The summed E-state index contributed by atoms with van der Waals surface area (Å²) in [4.78, 5) is 0. The zero-order chi connectivity index (χ0) is 6.83. The fourth-order valence-corrected chi connectivity index (χ4v) is 0. The molecule has 0 unspecified atom stereocenters. The molecule has 4 N–H and O–H groups in total. The predicted molar refractivity (Wildman–Crippen MR) is 29.3 cm³/mol. The van der Waals surface area contributed by atoms with Gasteiger partial charge < -0.3 is 11.5 Å². The van der Waals surface area contributed by atoms with Gasteiger partial charge in [-0.2, -0.15) is 10.5 Å². The SMILES string of the molecule is N#CCN.N#CCN. The lowest BCUT2D eigenvalue weighted by Gasteiger charge is -1.51. The van der Waals surface area contributed by atoms with E-state index in [1.54, 1.807) is 12.1 Å². The Balaban J connectivity index is 0. The number of nitriles is 2. The third-order valence-corrected chi connectivity index (χ3v) is 0.183. The van der Waals surface area contributed by atoms with Crippen LogP contribution in [0.3, 0.4) is 0 Å². The van der Waals surface area contributed by atoms with Gasteiger partial charge in [-0.15, -0.1) is 0 Å². The molecule has 0 heterocycles. The minimum absolute atomic E-state index is 0.125. The van der Waals surface area contributed by atoms with Crippen molar-refractivity contribution in [3.8, 4) is 12.1 Å². The van der Waals surface area contributed by atoms with Gasteiger partial charge in [-0.05, 0) is 0 Å². The van der Waals surface area contributed by atoms with Crippen molar-refractivity contribution in [2.75, 3.05) is 13.1 Å². The van der Waals surface area contributed by atoms with Gasteiger partial charge in [0.05, 0.1) is 25.2 Å². The van der Waals surface area contributed by atoms with Crippen LogP contribution in [0.4, 0.5) is 0 Å². The molecule has 0 radical (unpaired) electrons. The first kappa shape index (κ1) is 10.0. The summed E-state index contributed by atoms with van der Waals surface area (Å²) in [5, 5.41) is 15.0. The van der Waals surface area contributed by atoms with Crippen molar-refractivity contribution in [1.82, 2.24) is 0 Å². The Morgan fingerprint density at radius 1 is 1.00 bits per heavy atom. The maximum absolute atomic E-state index is 7.50. The van der Waals surface area contributed by atoms with Crippen molar-refractivity contribution < 1.29 is 0 Å². The lowest BCUT2D eigenvalue weighted by Crippen LogP contribution is -1.91. The molecule has 0 rings (SSSR count). The second-order valence-electron chi connectivity index (χ2n) is 0.724. The molecule has 0 saturated heterocycles. The normalized spacial score (nSPS) is 5.00. The molecule has 0 saturated carbocycles. The highest BCUT2D eigenvalue weighted by atomic mass is 14.5. The van der Waals surface area contributed by atoms with Crippen molar-refractivity contribution in [3.05, 3.63) is 0 Å². The van der Waals surface area contributed by atoms with Gasteiger partial charge in [0.15, 0.2) is 0 Å². The van der Waals surface area contributed by atoms with E-state index >= 15 is 0 Å². The van der Waals surface area contributed by atoms with Crippen LogP contribution in [-0.2, 0) is 0 Å². The van der Waals surface area contributed by atoms with E-state index < -0.39 is 0 Å². The van der Waals surface area contributed by atoms with Gasteiger partial charge in [-0.3, -0.25) is 0 Å². The Labute approximate surface area is 48.3 Å². The van der Waals surface area contributed by atoms with Crippen molar-refractivity contribution >= 4 is 0 Å². The van der Waals surface area contributed by atoms with Crippen LogP contribution in [0.2, 0.25) is 0 Å². The first-order chi connectivity index (χ1) is 3.83. The molecule has 4 nitrogen and oxygen atoms in total. The number of hydrogen-bond acceptors (Lipinski definition) is 4. The summed E-state index contributed by atoms with van der Waals surface area (Å²) >= 11 is 0. The summed E-state index contributed by atoms with van der Waals surface area (Å²) < 4.78 is 0. The molecular formula is C4H8N4. The van der Waals surface area contributed by atoms with Gasteiger partial charge in [0.1, 0.15) is 0 Å². The van der Waals surface area contributed by atoms with E-state index in [0.717, 1.165) is 0 Å². The van der Waals surface area contributed by atoms with Gasteiger partial charge in [-0.1, -0.05) is 0 Å². The highest BCUT2D eigenvalue weighted by molar-refractivity contribution is 4.67. The quantitative estimate of drug-likeness (QED) is 0.390. The minimum atomic E-state index is 0.125. The van der Waals surface area contributed by atoms with Gasteiger partial charge in [0, 0.05) is 0 Å². The molecule has 4 heteroatoms. The second-order valence-corrected chi connectivity index (χ2v) is 0.724. The molecule has 0 aliphatic rings. The van der Waals surface area contributed by atoms with Crippen LogP contribution >= 0.6 is 0 Å². The molecule has 0 aliphatic heterocycles. The Morgan fingerprint density at radius 3 is 1.12 bits per heavy atom. The molecule has 0 atom stereocenters. The van der Waals surface area contributed by atoms with Gasteiger partial charge >= 0.3 is 0 Å². The third kappa shape index (κ3) is 92.0. The van der Waals surface area contributed by atoms with Crippen molar-refractivity contribution in [2.24, 2.45) is 11.5 Å². The molecule has 0 fully saturated rings. The molecule has 0 aromatic rings. The lowest BCUT2D eigenvalue weighted by molar-refractivity contribution is 1.25. The average Bonchev–Trinajstić information content (AvgIpc) is 1.88. The molecule has 0 spiro atoms. The molecule has 44 valence electrons. The van der Waals surface area contributed by atoms with Gasteiger partial charge in [0.25, 0.3) is 0 Å². The molecule has 8 heavy (non-hydrogen) atoms. The number of nitrogens with zero attached hydrogens (tertiary/aromatic N) is 2. The number of rotatable bonds is 0. The molecule has 0 aliphatic carbocycles. The maximum Gasteiger partial charge on any atom is 0.0815 e. The van der Waals surface area contributed by atoms with Crippen LogP contribution in [0.1, 0.15) is 0 Å². The van der Waals surface area contributed by atoms with Crippen LogP contribution in [-0.4, -0.2) is 13.1 Å². The Morgan fingerprint density at radius 2 is 1.12 bits per heavy atom. The summed E-state index contributed by atoms with van der Waals surface area (Å²) in [6.45, 7) is 0.250. The lowest BCUT2D eigenvalue weighted by atomic mass is 10.8. The molecule has 0 amide bonds. The standard InChI is InChI=1S/2C2H4N2/c2*3-1-2-4/h2*1,3H2. The predicted octanol–water partition coefficient (Wildman–Crippen LogP) is -1.06. The van der Waals surface area contributed by atoms with Crippen LogP contribution in [0.15, 0.2) is 0 Å². The third-order valence-electron chi connectivity index (χ3n) is 0.183. The summed E-state index contributed by atoms with van der Waals surface area (Å²) in [7, 11) is 0. The summed E-state index contributed by atoms with van der Waals surface area (Å²) in [6, 6.07) is 3.42. The van der Waals surface area contributed by atoms with Crippen LogP contribution in [0, 0.1) is 22.7 Å². The summed E-state index contributed by atoms with van der Waals surface area (Å²) in [5.41, 5.74) is 9.33. The van der Waals surface area contributed by atoms with Crippen molar-refractivity contribution in [3.63, 3.8) is 0 Å². The van der Waals surface area contributed by atoms with Crippen LogP contribution in [0.25, 0.3) is 0 Å². The van der Waals surface area contributed by atoms with Crippen LogP contribution < -0.4 is 11.5 Å². The van der Waals surface area contributed by atoms with E-state index in [1.165, 1.54) is 0 Å². The largest absolute Gasteiger partial charge is 0.318 e. The van der Waals surface area contributed by atoms with E-state index in [9.17, 15) is 0 Å². The van der Waals surface area contributed by atoms with E-state index in [4.69, 9.17) is 10.5 Å². The first-order valence-corrected chi connectivity index (χ1v) is 1.97. The van der Waals surface area contributed by atoms with E-state index in [1.807, 2.05) is 0 Å². The first-order valence-electron chi connectivity index (χ1n) is 1.97. The molecule has 0 aromatic heterocycles. The summed E-state index contributed by atoms with van der Waals surface area (Å²) in [6.07, 6.45) is 0. The monoisotopic (exact) mass is 112 g/mol. The molecular weight excluding hydrogens is 104 g/mol. The second kappa shape index (κ2) is 16.8. The van der Waals surface area contributed by atoms with E-state index in [0.29, 0.717) is 0 Å². The Bertz CT molecular complexity index is 81.6. The average molecular weight is 112 g/mol. The van der Waals surface area contributed by atoms with E-state index in [-0.39, 0.29) is 13.1 Å². The van der Waals surface area contributed by atoms with Gasteiger partial charge in [0.2, 0.25) is 0 Å². The zero-order valence-electron chi connectivity index (χ0n) is 4.46. The summed E-state index contributed by atoms with van der Waals surface area (Å²) in [5.74, 6) is 0. The zero-order valence-corrected chi connectivity index (χ0v) is 4.46.